The molecule has 0 N–H and O–H groups in total. The molecular weight excluding hydrogens is 328 g/mol. The summed E-state index contributed by atoms with van der Waals surface area (Å²) in [5.41, 5.74) is 0.754. The van der Waals surface area contributed by atoms with E-state index in [1.54, 1.807) is 31.4 Å². The molecule has 0 atom stereocenters. The lowest BCUT2D eigenvalue weighted by Gasteiger charge is -2.07. The van der Waals surface area contributed by atoms with Gasteiger partial charge in [-0.25, -0.2) is 8.78 Å². The van der Waals surface area contributed by atoms with E-state index in [0.717, 1.165) is 23.9 Å². The molecular formula is C16H12F4N2O2. The summed E-state index contributed by atoms with van der Waals surface area (Å²) in [5.74, 6) is -2.96. The Hall–Kier alpha value is -2.90. The lowest BCUT2D eigenvalue weighted by atomic mass is 10.2. The van der Waals surface area contributed by atoms with Crippen molar-refractivity contribution in [2.45, 2.75) is 6.61 Å². The lowest BCUT2D eigenvalue weighted by molar-refractivity contribution is -0.0546. The first-order valence-electron chi connectivity index (χ1n) is 6.64. The van der Waals surface area contributed by atoms with Gasteiger partial charge in [-0.2, -0.15) is 19.0 Å². The Morgan fingerprint density at radius 3 is 1.96 bits per heavy atom. The molecule has 0 spiro atoms. The van der Waals surface area contributed by atoms with Crippen LogP contribution in [-0.4, -0.2) is 26.2 Å². The SMILES string of the molecule is COc1ccc(/C=N/N=C/c2cc(F)c(OC(F)F)c(F)c2)cc1. The molecule has 0 unspecified atom stereocenters. The van der Waals surface area contributed by atoms with Crippen LogP contribution in [-0.2, 0) is 0 Å². The molecule has 0 saturated carbocycles. The predicted molar refractivity (Wildman–Crippen MR) is 81.2 cm³/mol. The highest BCUT2D eigenvalue weighted by molar-refractivity contribution is 5.83. The highest BCUT2D eigenvalue weighted by Crippen LogP contribution is 2.24. The molecule has 0 fully saturated rings. The number of alkyl halides is 2. The molecule has 126 valence electrons. The minimum Gasteiger partial charge on any atom is -0.497 e. The fourth-order valence-corrected chi connectivity index (χ4v) is 1.75. The first-order chi connectivity index (χ1) is 11.5. The second-order valence-corrected chi connectivity index (χ2v) is 4.45. The van der Waals surface area contributed by atoms with Gasteiger partial charge in [0.05, 0.1) is 19.5 Å². The van der Waals surface area contributed by atoms with E-state index in [-0.39, 0.29) is 5.56 Å². The zero-order valence-corrected chi connectivity index (χ0v) is 12.4. The van der Waals surface area contributed by atoms with Gasteiger partial charge in [0.1, 0.15) is 5.75 Å². The van der Waals surface area contributed by atoms with Gasteiger partial charge in [-0.05, 0) is 42.0 Å². The van der Waals surface area contributed by atoms with Crippen molar-refractivity contribution in [2.24, 2.45) is 10.2 Å². The fraction of sp³-hybridized carbons (Fsp3) is 0.125. The Labute approximate surface area is 135 Å². The zero-order valence-electron chi connectivity index (χ0n) is 12.4. The summed E-state index contributed by atoms with van der Waals surface area (Å²) in [5, 5.41) is 7.37. The maximum Gasteiger partial charge on any atom is 0.387 e. The largest absolute Gasteiger partial charge is 0.497 e. The molecule has 24 heavy (non-hydrogen) atoms. The summed E-state index contributed by atoms with van der Waals surface area (Å²) in [6.45, 7) is -3.32. The van der Waals surface area contributed by atoms with Crippen molar-refractivity contribution < 1.29 is 27.0 Å². The van der Waals surface area contributed by atoms with Crippen LogP contribution in [0.25, 0.3) is 0 Å². The fourth-order valence-electron chi connectivity index (χ4n) is 1.75. The topological polar surface area (TPSA) is 43.2 Å². The molecule has 0 aromatic heterocycles. The minimum atomic E-state index is -3.32. The van der Waals surface area contributed by atoms with E-state index >= 15 is 0 Å². The molecule has 0 heterocycles. The van der Waals surface area contributed by atoms with Crippen LogP contribution in [0.1, 0.15) is 11.1 Å². The van der Waals surface area contributed by atoms with E-state index < -0.39 is 24.0 Å². The third kappa shape index (κ3) is 4.80. The molecule has 0 amide bonds. The highest BCUT2D eigenvalue weighted by Gasteiger charge is 2.16. The van der Waals surface area contributed by atoms with Gasteiger partial charge in [-0.15, -0.1) is 0 Å². The van der Waals surface area contributed by atoms with E-state index in [0.29, 0.717) is 5.75 Å². The monoisotopic (exact) mass is 340 g/mol. The maximum absolute atomic E-state index is 13.5. The van der Waals surface area contributed by atoms with Gasteiger partial charge in [0, 0.05) is 5.56 Å². The van der Waals surface area contributed by atoms with Gasteiger partial charge in [-0.3, -0.25) is 0 Å². The van der Waals surface area contributed by atoms with Crippen LogP contribution in [0.2, 0.25) is 0 Å². The lowest BCUT2D eigenvalue weighted by Crippen LogP contribution is -2.06. The number of rotatable bonds is 6. The second-order valence-electron chi connectivity index (χ2n) is 4.45. The van der Waals surface area contributed by atoms with Crippen molar-refractivity contribution in [3.63, 3.8) is 0 Å². The normalized spacial score (nSPS) is 11.6. The molecule has 2 aromatic carbocycles. The number of halogens is 4. The molecule has 0 bridgehead atoms. The van der Waals surface area contributed by atoms with Gasteiger partial charge in [-0.1, -0.05) is 0 Å². The van der Waals surface area contributed by atoms with Crippen molar-refractivity contribution >= 4 is 12.4 Å². The van der Waals surface area contributed by atoms with Crippen LogP contribution in [0.4, 0.5) is 17.6 Å². The van der Waals surface area contributed by atoms with Crippen molar-refractivity contribution in [3.05, 3.63) is 59.2 Å². The number of methoxy groups -OCH3 is 1. The van der Waals surface area contributed by atoms with Crippen LogP contribution >= 0.6 is 0 Å². The van der Waals surface area contributed by atoms with Crippen molar-refractivity contribution in [1.82, 2.24) is 0 Å². The molecule has 0 aliphatic carbocycles. The second kappa shape index (κ2) is 8.09. The average molecular weight is 340 g/mol. The molecule has 0 aliphatic heterocycles. The Kier molecular flexibility index (Phi) is 5.89. The van der Waals surface area contributed by atoms with Crippen molar-refractivity contribution in [1.29, 1.82) is 0 Å². The van der Waals surface area contributed by atoms with Crippen LogP contribution in [0.3, 0.4) is 0 Å². The van der Waals surface area contributed by atoms with Crippen LogP contribution in [0.5, 0.6) is 11.5 Å². The molecule has 0 saturated heterocycles. The third-order valence-electron chi connectivity index (χ3n) is 2.82. The van der Waals surface area contributed by atoms with E-state index in [4.69, 9.17) is 4.74 Å². The van der Waals surface area contributed by atoms with Gasteiger partial charge < -0.3 is 9.47 Å². The molecule has 0 aliphatic rings. The summed E-state index contributed by atoms with van der Waals surface area (Å²) in [6, 6.07) is 8.58. The number of benzene rings is 2. The Balaban J connectivity index is 2.07. The van der Waals surface area contributed by atoms with Gasteiger partial charge >= 0.3 is 6.61 Å². The minimum absolute atomic E-state index is 0.0125. The van der Waals surface area contributed by atoms with Crippen LogP contribution in [0, 0.1) is 11.6 Å². The first kappa shape index (κ1) is 17.5. The smallest absolute Gasteiger partial charge is 0.387 e. The van der Waals surface area contributed by atoms with Crippen LogP contribution < -0.4 is 9.47 Å². The predicted octanol–water partition coefficient (Wildman–Crippen LogP) is 4.03. The van der Waals surface area contributed by atoms with Gasteiger partial charge in [0.2, 0.25) is 0 Å². The van der Waals surface area contributed by atoms with Gasteiger partial charge in [0.25, 0.3) is 0 Å². The van der Waals surface area contributed by atoms with E-state index in [1.165, 1.54) is 6.21 Å². The van der Waals surface area contributed by atoms with Crippen molar-refractivity contribution in [3.8, 4) is 11.5 Å². The number of nitrogens with zero attached hydrogens (tertiary/aromatic N) is 2. The molecule has 2 rings (SSSR count). The zero-order chi connectivity index (χ0) is 17.5. The summed E-state index contributed by atoms with van der Waals surface area (Å²) in [7, 11) is 1.54. The maximum atomic E-state index is 13.5. The molecule has 4 nitrogen and oxygen atoms in total. The Morgan fingerprint density at radius 1 is 0.917 bits per heavy atom. The van der Waals surface area contributed by atoms with Gasteiger partial charge in [0.15, 0.2) is 17.4 Å². The van der Waals surface area contributed by atoms with Crippen LogP contribution in [0.15, 0.2) is 46.6 Å². The van der Waals surface area contributed by atoms with Crippen molar-refractivity contribution in [2.75, 3.05) is 7.11 Å². The number of hydrogen-bond donors (Lipinski definition) is 0. The average Bonchev–Trinajstić information content (AvgIpc) is 2.55. The Morgan fingerprint density at radius 2 is 1.46 bits per heavy atom. The third-order valence-corrected chi connectivity index (χ3v) is 2.82. The highest BCUT2D eigenvalue weighted by atomic mass is 19.3. The Bertz CT molecular complexity index is 723. The summed E-state index contributed by atoms with van der Waals surface area (Å²) in [6.07, 6.45) is 2.51. The standard InChI is InChI=1S/C16H12F4N2O2/c1-23-12-4-2-10(3-5-12)8-21-22-9-11-6-13(17)15(14(18)7-11)24-16(19)20/h2-9,16H,1H3/b21-8+,22-9+. The summed E-state index contributed by atoms with van der Waals surface area (Å²) < 4.78 is 59.8. The molecule has 8 heteroatoms. The quantitative estimate of drug-likeness (QED) is 0.453. The van der Waals surface area contributed by atoms with E-state index in [1.807, 2.05) is 0 Å². The van der Waals surface area contributed by atoms with E-state index in [9.17, 15) is 17.6 Å². The number of hydrogen-bond acceptors (Lipinski definition) is 4. The molecule has 2 aromatic rings. The molecule has 0 radical (unpaired) electrons. The summed E-state index contributed by atoms with van der Waals surface area (Å²) in [4.78, 5) is 0. The number of ether oxygens (including phenoxy) is 2. The first-order valence-corrected chi connectivity index (χ1v) is 6.64. The summed E-state index contributed by atoms with van der Waals surface area (Å²) >= 11 is 0. The van der Waals surface area contributed by atoms with E-state index in [2.05, 4.69) is 14.9 Å².